The first-order chi connectivity index (χ1) is 8.19. The SMILES string of the molecule is CCN(CC1CCCO1)c1cc(N)nc(C)n1. The molecule has 1 fully saturated rings. The lowest BCUT2D eigenvalue weighted by Crippen LogP contribution is -2.32. The first kappa shape index (κ1) is 12.1. The summed E-state index contributed by atoms with van der Waals surface area (Å²) in [5.74, 6) is 2.14. The zero-order chi connectivity index (χ0) is 12.3. The van der Waals surface area contributed by atoms with Crippen molar-refractivity contribution in [2.45, 2.75) is 32.8 Å². The summed E-state index contributed by atoms with van der Waals surface area (Å²) < 4.78 is 5.65. The summed E-state index contributed by atoms with van der Waals surface area (Å²) in [4.78, 5) is 10.7. The number of rotatable bonds is 4. The van der Waals surface area contributed by atoms with E-state index in [0.717, 1.165) is 38.4 Å². The molecule has 1 aromatic rings. The zero-order valence-electron chi connectivity index (χ0n) is 10.5. The standard InChI is InChI=1S/C12H20N4O/c1-3-16(8-10-5-4-6-17-10)12-7-11(13)14-9(2)15-12/h7,10H,3-6,8H2,1-2H3,(H2,13,14,15). The van der Waals surface area contributed by atoms with Crippen LogP contribution in [0.5, 0.6) is 0 Å². The highest BCUT2D eigenvalue weighted by atomic mass is 16.5. The molecule has 2 N–H and O–H groups in total. The van der Waals surface area contributed by atoms with E-state index >= 15 is 0 Å². The molecule has 0 amide bonds. The third-order valence-corrected chi connectivity index (χ3v) is 3.00. The van der Waals surface area contributed by atoms with Crippen LogP contribution in [0.15, 0.2) is 6.07 Å². The topological polar surface area (TPSA) is 64.3 Å². The summed E-state index contributed by atoms with van der Waals surface area (Å²) in [5, 5.41) is 0. The van der Waals surface area contributed by atoms with Crippen LogP contribution in [0.2, 0.25) is 0 Å². The molecule has 0 radical (unpaired) electrons. The summed E-state index contributed by atoms with van der Waals surface area (Å²) in [6.07, 6.45) is 2.62. The number of ether oxygens (including phenoxy) is 1. The third-order valence-electron chi connectivity index (χ3n) is 3.00. The molecule has 5 nitrogen and oxygen atoms in total. The first-order valence-corrected chi connectivity index (χ1v) is 6.16. The van der Waals surface area contributed by atoms with Crippen molar-refractivity contribution in [3.05, 3.63) is 11.9 Å². The maximum Gasteiger partial charge on any atom is 0.134 e. The second-order valence-electron chi connectivity index (χ2n) is 4.37. The van der Waals surface area contributed by atoms with Gasteiger partial charge in [0.1, 0.15) is 17.5 Å². The van der Waals surface area contributed by atoms with Gasteiger partial charge in [-0.05, 0) is 26.7 Å². The van der Waals surface area contributed by atoms with Gasteiger partial charge in [0.15, 0.2) is 0 Å². The van der Waals surface area contributed by atoms with E-state index in [1.165, 1.54) is 0 Å². The van der Waals surface area contributed by atoms with Crippen LogP contribution in [0.25, 0.3) is 0 Å². The van der Waals surface area contributed by atoms with E-state index in [0.29, 0.717) is 17.7 Å². The number of nitrogens with zero attached hydrogens (tertiary/aromatic N) is 3. The number of hydrogen-bond donors (Lipinski definition) is 1. The van der Waals surface area contributed by atoms with Crippen LogP contribution in [0.1, 0.15) is 25.6 Å². The fraction of sp³-hybridized carbons (Fsp3) is 0.667. The molecule has 1 aromatic heterocycles. The first-order valence-electron chi connectivity index (χ1n) is 6.16. The van der Waals surface area contributed by atoms with Gasteiger partial charge in [-0.3, -0.25) is 0 Å². The molecule has 94 valence electrons. The quantitative estimate of drug-likeness (QED) is 0.855. The lowest BCUT2D eigenvalue weighted by molar-refractivity contribution is 0.115. The highest BCUT2D eigenvalue weighted by Gasteiger charge is 2.19. The molecule has 17 heavy (non-hydrogen) atoms. The van der Waals surface area contributed by atoms with Gasteiger partial charge < -0.3 is 15.4 Å². The molecule has 1 atom stereocenters. The highest BCUT2D eigenvalue weighted by molar-refractivity contribution is 5.46. The highest BCUT2D eigenvalue weighted by Crippen LogP contribution is 2.18. The van der Waals surface area contributed by atoms with Gasteiger partial charge >= 0.3 is 0 Å². The Morgan fingerprint density at radius 2 is 2.35 bits per heavy atom. The summed E-state index contributed by atoms with van der Waals surface area (Å²) in [6.45, 7) is 6.64. The zero-order valence-corrected chi connectivity index (χ0v) is 10.5. The van der Waals surface area contributed by atoms with Crippen molar-refractivity contribution >= 4 is 11.6 Å². The summed E-state index contributed by atoms with van der Waals surface area (Å²) in [6, 6.07) is 1.82. The Labute approximate surface area is 102 Å². The predicted molar refractivity (Wildman–Crippen MR) is 68.0 cm³/mol. The third kappa shape index (κ3) is 3.06. The summed E-state index contributed by atoms with van der Waals surface area (Å²) in [7, 11) is 0. The second-order valence-corrected chi connectivity index (χ2v) is 4.37. The molecule has 0 bridgehead atoms. The molecule has 0 saturated carbocycles. The maximum absolute atomic E-state index is 5.75. The number of nitrogen functional groups attached to an aromatic ring is 1. The molecule has 5 heteroatoms. The number of aromatic nitrogens is 2. The van der Waals surface area contributed by atoms with Gasteiger partial charge in [0.2, 0.25) is 0 Å². The van der Waals surface area contributed by atoms with Crippen LogP contribution in [0.3, 0.4) is 0 Å². The van der Waals surface area contributed by atoms with Gasteiger partial charge in [-0.2, -0.15) is 0 Å². The minimum Gasteiger partial charge on any atom is -0.384 e. The van der Waals surface area contributed by atoms with Crippen molar-refractivity contribution in [1.82, 2.24) is 9.97 Å². The maximum atomic E-state index is 5.75. The fourth-order valence-electron chi connectivity index (χ4n) is 2.16. The Bertz CT molecular complexity index is 357. The monoisotopic (exact) mass is 236 g/mol. The van der Waals surface area contributed by atoms with E-state index < -0.39 is 0 Å². The average Bonchev–Trinajstić information content (AvgIpc) is 2.77. The molecular formula is C12H20N4O. The number of hydrogen-bond acceptors (Lipinski definition) is 5. The summed E-state index contributed by atoms with van der Waals surface area (Å²) >= 11 is 0. The van der Waals surface area contributed by atoms with E-state index in [-0.39, 0.29) is 0 Å². The van der Waals surface area contributed by atoms with Crippen molar-refractivity contribution in [2.75, 3.05) is 30.3 Å². The number of aryl methyl sites for hydroxylation is 1. The van der Waals surface area contributed by atoms with Crippen LogP contribution < -0.4 is 10.6 Å². The Morgan fingerprint density at radius 3 is 2.94 bits per heavy atom. The number of likely N-dealkylation sites (N-methyl/N-ethyl adjacent to an activating group) is 1. The predicted octanol–water partition coefficient (Wildman–Crippen LogP) is 1.37. The van der Waals surface area contributed by atoms with Crippen LogP contribution in [-0.4, -0.2) is 35.8 Å². The lowest BCUT2D eigenvalue weighted by atomic mass is 10.2. The Kier molecular flexibility index (Phi) is 3.78. The van der Waals surface area contributed by atoms with Crippen molar-refractivity contribution in [3.63, 3.8) is 0 Å². The Hall–Kier alpha value is -1.36. The Morgan fingerprint density at radius 1 is 1.53 bits per heavy atom. The molecule has 1 unspecified atom stereocenters. The van der Waals surface area contributed by atoms with Crippen molar-refractivity contribution in [2.24, 2.45) is 0 Å². The molecular weight excluding hydrogens is 216 g/mol. The second kappa shape index (κ2) is 5.31. The Balaban J connectivity index is 2.10. The smallest absolute Gasteiger partial charge is 0.134 e. The summed E-state index contributed by atoms with van der Waals surface area (Å²) in [5.41, 5.74) is 5.75. The van der Waals surface area contributed by atoms with Gasteiger partial charge in [0.05, 0.1) is 6.10 Å². The largest absolute Gasteiger partial charge is 0.384 e. The van der Waals surface area contributed by atoms with E-state index in [9.17, 15) is 0 Å². The van der Waals surface area contributed by atoms with Crippen molar-refractivity contribution in [1.29, 1.82) is 0 Å². The van der Waals surface area contributed by atoms with Crippen molar-refractivity contribution in [3.8, 4) is 0 Å². The van der Waals surface area contributed by atoms with Crippen LogP contribution in [-0.2, 0) is 4.74 Å². The number of anilines is 2. The van der Waals surface area contributed by atoms with Gasteiger partial charge in [-0.1, -0.05) is 0 Å². The van der Waals surface area contributed by atoms with Gasteiger partial charge in [0, 0.05) is 25.8 Å². The van der Waals surface area contributed by atoms with Gasteiger partial charge in [0.25, 0.3) is 0 Å². The van der Waals surface area contributed by atoms with E-state index in [2.05, 4.69) is 21.8 Å². The van der Waals surface area contributed by atoms with Gasteiger partial charge in [-0.15, -0.1) is 0 Å². The normalized spacial score (nSPS) is 19.5. The fourth-order valence-corrected chi connectivity index (χ4v) is 2.16. The van der Waals surface area contributed by atoms with E-state index in [1.54, 1.807) is 0 Å². The molecule has 0 spiro atoms. The molecule has 0 aromatic carbocycles. The molecule has 1 aliphatic heterocycles. The van der Waals surface area contributed by atoms with Crippen LogP contribution in [0, 0.1) is 6.92 Å². The molecule has 1 aliphatic rings. The minimum absolute atomic E-state index is 0.325. The molecule has 0 aliphatic carbocycles. The number of nitrogens with two attached hydrogens (primary N) is 1. The van der Waals surface area contributed by atoms with Gasteiger partial charge in [-0.25, -0.2) is 9.97 Å². The van der Waals surface area contributed by atoms with E-state index in [1.807, 2.05) is 13.0 Å². The molecule has 1 saturated heterocycles. The lowest BCUT2D eigenvalue weighted by Gasteiger charge is -2.25. The minimum atomic E-state index is 0.325. The molecule has 2 rings (SSSR count). The average molecular weight is 236 g/mol. The van der Waals surface area contributed by atoms with Crippen LogP contribution in [0.4, 0.5) is 11.6 Å². The van der Waals surface area contributed by atoms with Crippen molar-refractivity contribution < 1.29 is 4.74 Å². The molecule has 2 heterocycles. The van der Waals surface area contributed by atoms with Crippen LogP contribution >= 0.6 is 0 Å². The van der Waals surface area contributed by atoms with E-state index in [4.69, 9.17) is 10.5 Å².